The van der Waals surface area contributed by atoms with Gasteiger partial charge in [0.1, 0.15) is 12.4 Å². The highest BCUT2D eigenvalue weighted by molar-refractivity contribution is 5.83. The van der Waals surface area contributed by atoms with E-state index in [9.17, 15) is 5.11 Å². The molecule has 158 valence electrons. The van der Waals surface area contributed by atoms with Gasteiger partial charge in [-0.3, -0.25) is 0 Å². The Kier molecular flexibility index (Phi) is 6.28. The average Bonchev–Trinajstić information content (AvgIpc) is 3.04. The number of benzene rings is 1. The Bertz CT molecular complexity index is 697. The third-order valence-electron chi connectivity index (χ3n) is 5.99. The van der Waals surface area contributed by atoms with E-state index in [4.69, 9.17) is 9.73 Å². The minimum atomic E-state index is -0.177. The van der Waals surface area contributed by atoms with Crippen LogP contribution in [-0.2, 0) is 22.0 Å². The first-order valence-corrected chi connectivity index (χ1v) is 10.7. The zero-order valence-corrected chi connectivity index (χ0v) is 19.7. The van der Waals surface area contributed by atoms with Gasteiger partial charge in [-0.25, -0.2) is 4.99 Å². The van der Waals surface area contributed by atoms with Crippen LogP contribution in [0.1, 0.15) is 92.3 Å². The molecule has 0 spiro atoms. The van der Waals surface area contributed by atoms with E-state index in [-0.39, 0.29) is 22.3 Å². The highest BCUT2D eigenvalue weighted by atomic mass is 16.5. The van der Waals surface area contributed by atoms with Crippen LogP contribution in [0.25, 0.3) is 0 Å². The molecule has 28 heavy (non-hydrogen) atoms. The van der Waals surface area contributed by atoms with Gasteiger partial charge in [-0.1, -0.05) is 87.8 Å². The second-order valence-electron chi connectivity index (χ2n) is 11.3. The van der Waals surface area contributed by atoms with Crippen LogP contribution in [0.3, 0.4) is 0 Å². The van der Waals surface area contributed by atoms with Crippen LogP contribution in [0.5, 0.6) is 5.75 Å². The zero-order valence-electron chi connectivity index (χ0n) is 19.7. The first-order chi connectivity index (χ1) is 12.7. The van der Waals surface area contributed by atoms with E-state index in [0.29, 0.717) is 18.3 Å². The first kappa shape index (κ1) is 22.8. The molecule has 2 atom stereocenters. The maximum Gasteiger partial charge on any atom is 0.189 e. The topological polar surface area (TPSA) is 41.8 Å². The van der Waals surface area contributed by atoms with Crippen LogP contribution in [0.15, 0.2) is 17.1 Å². The maximum atomic E-state index is 11.0. The summed E-state index contributed by atoms with van der Waals surface area (Å²) in [6, 6.07) is 4.62. The molecule has 3 nitrogen and oxygen atoms in total. The molecule has 1 aliphatic heterocycles. The fraction of sp³-hybridized carbons (Fsp3) is 0.720. The van der Waals surface area contributed by atoms with Crippen molar-refractivity contribution in [1.82, 2.24) is 0 Å². The molecule has 1 aromatic rings. The molecule has 1 heterocycles. The van der Waals surface area contributed by atoms with Gasteiger partial charge in [0.15, 0.2) is 5.90 Å². The Morgan fingerprint density at radius 1 is 1.04 bits per heavy atom. The SMILES string of the molecule is CCC(C)C1COC(C(C)(C)Cc2cc(C(C)(C)C)c(O)c(C(C)(C)C)c2)=N1. The summed E-state index contributed by atoms with van der Waals surface area (Å²) in [6.45, 7) is 22.5. The first-order valence-electron chi connectivity index (χ1n) is 10.7. The summed E-state index contributed by atoms with van der Waals surface area (Å²) in [5.41, 5.74) is 2.84. The van der Waals surface area contributed by atoms with Crippen LogP contribution in [0.2, 0.25) is 0 Å². The average molecular weight is 388 g/mol. The summed E-state index contributed by atoms with van der Waals surface area (Å²) in [7, 11) is 0. The molecule has 0 aromatic heterocycles. The van der Waals surface area contributed by atoms with Crippen molar-refractivity contribution in [2.75, 3.05) is 6.61 Å². The molecule has 0 aliphatic carbocycles. The Labute approximate surface area is 172 Å². The van der Waals surface area contributed by atoms with Crippen molar-refractivity contribution in [3.63, 3.8) is 0 Å². The molecule has 0 bridgehead atoms. The standard InChI is InChI=1S/C25H41NO2/c1-11-16(2)20-15-28-22(26-20)25(9,10)14-17-12-18(23(3,4)5)21(27)19(13-17)24(6,7)8/h12-13,16,20,27H,11,14-15H2,1-10H3. The fourth-order valence-electron chi connectivity index (χ4n) is 3.85. The summed E-state index contributed by atoms with van der Waals surface area (Å²) < 4.78 is 6.04. The number of nitrogens with zero attached hydrogens (tertiary/aromatic N) is 1. The number of aliphatic imine (C=N–C) groups is 1. The number of phenolic OH excluding ortho intramolecular Hbond substituents is 1. The predicted octanol–water partition coefficient (Wildman–Crippen LogP) is 6.40. The van der Waals surface area contributed by atoms with Crippen molar-refractivity contribution in [1.29, 1.82) is 0 Å². The maximum absolute atomic E-state index is 11.0. The lowest BCUT2D eigenvalue weighted by Crippen LogP contribution is -2.28. The summed E-state index contributed by atoms with van der Waals surface area (Å²) >= 11 is 0. The quantitative estimate of drug-likeness (QED) is 0.635. The van der Waals surface area contributed by atoms with Crippen LogP contribution in [0.4, 0.5) is 0 Å². The lowest BCUT2D eigenvalue weighted by atomic mass is 9.76. The molecule has 0 saturated carbocycles. The number of phenols is 1. The highest BCUT2D eigenvalue weighted by Gasteiger charge is 2.35. The molecular weight excluding hydrogens is 346 g/mol. The van der Waals surface area contributed by atoms with E-state index in [1.165, 1.54) is 5.56 Å². The molecule has 1 aromatic carbocycles. The Balaban J connectivity index is 2.42. The van der Waals surface area contributed by atoms with Crippen molar-refractivity contribution < 1.29 is 9.84 Å². The third kappa shape index (κ3) is 4.90. The highest BCUT2D eigenvalue weighted by Crippen LogP contribution is 2.41. The molecule has 0 amide bonds. The number of ether oxygens (including phenoxy) is 1. The summed E-state index contributed by atoms with van der Waals surface area (Å²) in [5, 5.41) is 11.0. The van der Waals surface area contributed by atoms with E-state index in [1.807, 2.05) is 0 Å². The number of aromatic hydroxyl groups is 1. The van der Waals surface area contributed by atoms with Crippen molar-refractivity contribution in [2.24, 2.45) is 16.3 Å². The van der Waals surface area contributed by atoms with Gasteiger partial charge in [-0.2, -0.15) is 0 Å². The van der Waals surface area contributed by atoms with Gasteiger partial charge in [0.05, 0.1) is 6.04 Å². The molecule has 0 radical (unpaired) electrons. The number of hydrogen-bond acceptors (Lipinski definition) is 3. The van der Waals surface area contributed by atoms with E-state index in [0.717, 1.165) is 29.9 Å². The van der Waals surface area contributed by atoms with Crippen molar-refractivity contribution >= 4 is 5.90 Å². The molecule has 1 aliphatic rings. The zero-order chi connectivity index (χ0) is 21.5. The summed E-state index contributed by atoms with van der Waals surface area (Å²) in [5.74, 6) is 1.86. The van der Waals surface area contributed by atoms with E-state index < -0.39 is 0 Å². The van der Waals surface area contributed by atoms with Gasteiger partial charge in [0.25, 0.3) is 0 Å². The normalized spacial score (nSPS) is 19.4. The van der Waals surface area contributed by atoms with Gasteiger partial charge in [-0.15, -0.1) is 0 Å². The van der Waals surface area contributed by atoms with Gasteiger partial charge >= 0.3 is 0 Å². The van der Waals surface area contributed by atoms with E-state index in [1.54, 1.807) is 0 Å². The molecule has 1 N–H and O–H groups in total. The van der Waals surface area contributed by atoms with Crippen molar-refractivity contribution in [2.45, 2.75) is 99.0 Å². The molecule has 0 fully saturated rings. The minimum absolute atomic E-state index is 0.118. The molecule has 2 unspecified atom stereocenters. The summed E-state index contributed by atoms with van der Waals surface area (Å²) in [6.07, 6.45) is 1.96. The van der Waals surface area contributed by atoms with Crippen LogP contribution < -0.4 is 0 Å². The second-order valence-corrected chi connectivity index (χ2v) is 11.3. The molecular formula is C25H41NO2. The fourth-order valence-corrected chi connectivity index (χ4v) is 3.85. The van der Waals surface area contributed by atoms with Crippen molar-refractivity contribution in [3.05, 3.63) is 28.8 Å². The lowest BCUT2D eigenvalue weighted by molar-refractivity contribution is 0.253. The van der Waals surface area contributed by atoms with Crippen LogP contribution in [0, 0.1) is 11.3 Å². The van der Waals surface area contributed by atoms with Crippen molar-refractivity contribution in [3.8, 4) is 5.75 Å². The molecule has 2 rings (SSSR count). The summed E-state index contributed by atoms with van der Waals surface area (Å²) in [4.78, 5) is 4.93. The van der Waals surface area contributed by atoms with E-state index >= 15 is 0 Å². The monoisotopic (exact) mass is 387 g/mol. The molecule has 0 saturated heterocycles. The van der Waals surface area contributed by atoms with Gasteiger partial charge < -0.3 is 9.84 Å². The Morgan fingerprint density at radius 2 is 1.54 bits per heavy atom. The van der Waals surface area contributed by atoms with Gasteiger partial charge in [-0.05, 0) is 39.9 Å². The predicted molar refractivity (Wildman–Crippen MR) is 120 cm³/mol. The Morgan fingerprint density at radius 3 is 1.96 bits per heavy atom. The second kappa shape index (κ2) is 7.72. The number of rotatable bonds is 5. The smallest absolute Gasteiger partial charge is 0.189 e. The van der Waals surface area contributed by atoms with Gasteiger partial charge in [0.2, 0.25) is 0 Å². The largest absolute Gasteiger partial charge is 0.507 e. The minimum Gasteiger partial charge on any atom is -0.507 e. The third-order valence-corrected chi connectivity index (χ3v) is 5.99. The lowest BCUT2D eigenvalue weighted by Gasteiger charge is -2.30. The van der Waals surface area contributed by atoms with Crippen LogP contribution >= 0.6 is 0 Å². The molecule has 3 heteroatoms. The van der Waals surface area contributed by atoms with Crippen LogP contribution in [-0.4, -0.2) is 23.7 Å². The van der Waals surface area contributed by atoms with Gasteiger partial charge in [0, 0.05) is 5.41 Å². The number of hydrogen-bond donors (Lipinski definition) is 1. The Hall–Kier alpha value is -1.51. The van der Waals surface area contributed by atoms with E-state index in [2.05, 4.69) is 81.4 Å².